The number of aromatic nitrogens is 2. The highest BCUT2D eigenvalue weighted by atomic mass is 15.0. The van der Waals surface area contributed by atoms with Crippen LogP contribution in [0.4, 0.5) is 0 Å². The number of fused-ring (bicyclic) bond motifs is 1. The molecule has 0 bridgehead atoms. The van der Waals surface area contributed by atoms with Crippen molar-refractivity contribution in [1.82, 2.24) is 9.55 Å². The first kappa shape index (κ1) is 11.9. The lowest BCUT2D eigenvalue weighted by Crippen LogP contribution is -2.03. The maximum absolute atomic E-state index is 5.63. The third-order valence-corrected chi connectivity index (χ3v) is 3.35. The van der Waals surface area contributed by atoms with Gasteiger partial charge < -0.3 is 10.3 Å². The molecule has 0 saturated heterocycles. The molecule has 3 nitrogen and oxygen atoms in total. The van der Waals surface area contributed by atoms with Crippen molar-refractivity contribution in [3.05, 3.63) is 66.1 Å². The van der Waals surface area contributed by atoms with Crippen molar-refractivity contribution in [1.29, 1.82) is 0 Å². The van der Waals surface area contributed by atoms with Crippen molar-refractivity contribution in [2.45, 2.75) is 13.0 Å². The van der Waals surface area contributed by atoms with Gasteiger partial charge in [0.2, 0.25) is 0 Å². The topological polar surface area (TPSA) is 43.8 Å². The minimum absolute atomic E-state index is 0.689. The van der Waals surface area contributed by atoms with E-state index in [1.54, 1.807) is 6.20 Å². The van der Waals surface area contributed by atoms with Crippen LogP contribution < -0.4 is 5.73 Å². The molecule has 0 unspecified atom stereocenters. The van der Waals surface area contributed by atoms with Gasteiger partial charge >= 0.3 is 0 Å². The second-order valence-electron chi connectivity index (χ2n) is 4.74. The fraction of sp³-hybridized carbons (Fsp3) is 0.188. The van der Waals surface area contributed by atoms with Gasteiger partial charge in [0.25, 0.3) is 0 Å². The Morgan fingerprint density at radius 1 is 1.11 bits per heavy atom. The Kier molecular flexibility index (Phi) is 3.29. The molecule has 3 aromatic rings. The first-order valence-corrected chi connectivity index (χ1v) is 6.53. The average Bonchev–Trinajstić information content (AvgIpc) is 2.83. The molecule has 0 spiro atoms. The zero-order valence-electron chi connectivity index (χ0n) is 10.8. The lowest BCUT2D eigenvalue weighted by molar-refractivity contribution is 0.830. The zero-order chi connectivity index (χ0) is 13.1. The van der Waals surface area contributed by atoms with Crippen LogP contribution in [0, 0.1) is 0 Å². The molecule has 2 N–H and O–H groups in total. The standard InChI is InChI=1S/C16H17N3/c17-7-5-13-3-4-15-6-9-19(16(15)10-13)12-14-2-1-8-18-11-14/h1-4,6,8-11H,5,7,12,17H2. The molecule has 19 heavy (non-hydrogen) atoms. The molecule has 0 aliphatic heterocycles. The fourth-order valence-corrected chi connectivity index (χ4v) is 2.38. The molecule has 0 saturated carbocycles. The third kappa shape index (κ3) is 2.51. The monoisotopic (exact) mass is 251 g/mol. The molecule has 0 aliphatic carbocycles. The lowest BCUT2D eigenvalue weighted by atomic mass is 10.1. The summed E-state index contributed by atoms with van der Waals surface area (Å²) in [5.41, 5.74) is 9.39. The number of benzene rings is 1. The quantitative estimate of drug-likeness (QED) is 0.774. The molecule has 0 amide bonds. The van der Waals surface area contributed by atoms with Crippen LogP contribution in [0.5, 0.6) is 0 Å². The van der Waals surface area contributed by atoms with E-state index in [4.69, 9.17) is 5.73 Å². The Balaban J connectivity index is 1.97. The first-order valence-electron chi connectivity index (χ1n) is 6.53. The SMILES string of the molecule is NCCc1ccc2ccn(Cc3cccnc3)c2c1. The van der Waals surface area contributed by atoms with Gasteiger partial charge in [0.1, 0.15) is 0 Å². The molecular formula is C16H17N3. The van der Waals surface area contributed by atoms with Crippen molar-refractivity contribution < 1.29 is 0 Å². The number of nitrogens with two attached hydrogens (primary N) is 1. The Bertz CT molecular complexity index is 671. The number of hydrogen-bond donors (Lipinski definition) is 1. The van der Waals surface area contributed by atoms with E-state index in [0.29, 0.717) is 6.54 Å². The molecule has 0 aliphatic rings. The van der Waals surface area contributed by atoms with E-state index in [1.807, 2.05) is 12.3 Å². The largest absolute Gasteiger partial charge is 0.343 e. The maximum atomic E-state index is 5.63. The molecule has 2 heterocycles. The Labute approximate surface area is 112 Å². The highest BCUT2D eigenvalue weighted by Crippen LogP contribution is 2.19. The normalized spacial score (nSPS) is 11.0. The van der Waals surface area contributed by atoms with E-state index in [0.717, 1.165) is 13.0 Å². The fourth-order valence-electron chi connectivity index (χ4n) is 2.38. The van der Waals surface area contributed by atoms with E-state index in [-0.39, 0.29) is 0 Å². The van der Waals surface area contributed by atoms with Gasteiger partial charge in [-0.2, -0.15) is 0 Å². The lowest BCUT2D eigenvalue weighted by Gasteiger charge is -2.06. The average molecular weight is 251 g/mol. The van der Waals surface area contributed by atoms with Crippen molar-refractivity contribution in [3.8, 4) is 0 Å². The van der Waals surface area contributed by atoms with Crippen molar-refractivity contribution in [3.63, 3.8) is 0 Å². The van der Waals surface area contributed by atoms with Gasteiger partial charge in [-0.1, -0.05) is 18.2 Å². The summed E-state index contributed by atoms with van der Waals surface area (Å²) < 4.78 is 2.26. The predicted molar refractivity (Wildman–Crippen MR) is 78.0 cm³/mol. The second kappa shape index (κ2) is 5.24. The molecule has 1 aromatic carbocycles. The molecule has 0 radical (unpaired) electrons. The van der Waals surface area contributed by atoms with E-state index in [1.165, 1.54) is 22.0 Å². The molecule has 2 aromatic heterocycles. The van der Waals surface area contributed by atoms with E-state index in [9.17, 15) is 0 Å². The van der Waals surface area contributed by atoms with Gasteiger partial charge in [0, 0.05) is 30.7 Å². The van der Waals surface area contributed by atoms with Crippen LogP contribution in [0.1, 0.15) is 11.1 Å². The summed E-state index contributed by atoms with van der Waals surface area (Å²) in [5.74, 6) is 0. The zero-order valence-corrected chi connectivity index (χ0v) is 10.8. The van der Waals surface area contributed by atoms with Crippen LogP contribution in [-0.2, 0) is 13.0 Å². The summed E-state index contributed by atoms with van der Waals surface area (Å²) in [7, 11) is 0. The summed E-state index contributed by atoms with van der Waals surface area (Å²) in [6, 6.07) is 12.8. The number of pyridine rings is 1. The van der Waals surface area contributed by atoms with Crippen LogP contribution in [0.2, 0.25) is 0 Å². The van der Waals surface area contributed by atoms with Crippen LogP contribution in [0.15, 0.2) is 55.0 Å². The smallest absolute Gasteiger partial charge is 0.0491 e. The van der Waals surface area contributed by atoms with Gasteiger partial charge in [0.15, 0.2) is 0 Å². The number of nitrogens with zero attached hydrogens (tertiary/aromatic N) is 2. The third-order valence-electron chi connectivity index (χ3n) is 3.35. The molecule has 0 atom stereocenters. The van der Waals surface area contributed by atoms with Gasteiger partial charge in [-0.05, 0) is 47.7 Å². The minimum atomic E-state index is 0.689. The summed E-state index contributed by atoms with van der Waals surface area (Å²) in [4.78, 5) is 4.16. The minimum Gasteiger partial charge on any atom is -0.343 e. The van der Waals surface area contributed by atoms with Crippen LogP contribution in [0.25, 0.3) is 10.9 Å². The first-order chi connectivity index (χ1) is 9.36. The summed E-state index contributed by atoms with van der Waals surface area (Å²) in [6.07, 6.45) is 6.77. The number of hydrogen-bond acceptors (Lipinski definition) is 2. The van der Waals surface area contributed by atoms with Crippen molar-refractivity contribution in [2.24, 2.45) is 5.73 Å². The molecule has 3 rings (SSSR count). The van der Waals surface area contributed by atoms with Crippen molar-refractivity contribution >= 4 is 10.9 Å². The Morgan fingerprint density at radius 2 is 2.05 bits per heavy atom. The molecular weight excluding hydrogens is 234 g/mol. The predicted octanol–water partition coefficient (Wildman–Crippen LogP) is 2.59. The number of rotatable bonds is 4. The Morgan fingerprint density at radius 3 is 2.84 bits per heavy atom. The second-order valence-corrected chi connectivity index (χ2v) is 4.74. The summed E-state index contributed by atoms with van der Waals surface area (Å²) in [6.45, 7) is 1.54. The van der Waals surface area contributed by atoms with Crippen molar-refractivity contribution in [2.75, 3.05) is 6.54 Å². The van der Waals surface area contributed by atoms with E-state index >= 15 is 0 Å². The molecule has 96 valence electrons. The van der Waals surface area contributed by atoms with Gasteiger partial charge in [-0.25, -0.2) is 0 Å². The summed E-state index contributed by atoms with van der Waals surface area (Å²) >= 11 is 0. The highest BCUT2D eigenvalue weighted by Gasteiger charge is 2.03. The Hall–Kier alpha value is -2.13. The van der Waals surface area contributed by atoms with Crippen LogP contribution in [-0.4, -0.2) is 16.1 Å². The van der Waals surface area contributed by atoms with Gasteiger partial charge in [0.05, 0.1) is 0 Å². The van der Waals surface area contributed by atoms with E-state index < -0.39 is 0 Å². The summed E-state index contributed by atoms with van der Waals surface area (Å²) in [5, 5.41) is 1.27. The van der Waals surface area contributed by atoms with Crippen LogP contribution >= 0.6 is 0 Å². The molecule has 3 heteroatoms. The molecule has 0 fully saturated rings. The maximum Gasteiger partial charge on any atom is 0.0491 e. The van der Waals surface area contributed by atoms with Gasteiger partial charge in [-0.15, -0.1) is 0 Å². The van der Waals surface area contributed by atoms with Gasteiger partial charge in [-0.3, -0.25) is 4.98 Å². The highest BCUT2D eigenvalue weighted by molar-refractivity contribution is 5.81. The van der Waals surface area contributed by atoms with Crippen LogP contribution in [0.3, 0.4) is 0 Å². The van der Waals surface area contributed by atoms with E-state index in [2.05, 4.69) is 46.1 Å².